The molecule has 0 aliphatic carbocycles. The van der Waals surface area contributed by atoms with Crippen LogP contribution < -0.4 is 0 Å². The average Bonchev–Trinajstić information content (AvgIpc) is 2.64. The lowest BCUT2D eigenvalue weighted by atomic mass is 10.1. The molecule has 0 aliphatic heterocycles. The van der Waals surface area contributed by atoms with Gasteiger partial charge in [-0.3, -0.25) is 4.79 Å². The fraction of sp³-hybridized carbons (Fsp3) is 0.591. The van der Waals surface area contributed by atoms with Gasteiger partial charge in [-0.1, -0.05) is 63.7 Å². The van der Waals surface area contributed by atoms with Crippen LogP contribution >= 0.6 is 0 Å². The molecule has 27 heavy (non-hydrogen) atoms. The Bertz CT molecular complexity index is 693. The highest BCUT2D eigenvalue weighted by Gasteiger charge is 2.16. The van der Waals surface area contributed by atoms with Gasteiger partial charge in [-0.2, -0.15) is 0 Å². The number of nitrogens with zero attached hydrogens (tertiary/aromatic N) is 1. The van der Waals surface area contributed by atoms with E-state index in [-0.39, 0.29) is 11.9 Å². The lowest BCUT2D eigenvalue weighted by molar-refractivity contribution is -0.126. The molecule has 0 radical (unpaired) electrons. The summed E-state index contributed by atoms with van der Waals surface area (Å²) in [5, 5.41) is 0. The van der Waals surface area contributed by atoms with Gasteiger partial charge in [0.25, 0.3) is 0 Å². The van der Waals surface area contributed by atoms with Crippen molar-refractivity contribution in [3.63, 3.8) is 0 Å². The predicted octanol–water partition coefficient (Wildman–Crippen LogP) is 5.31. The van der Waals surface area contributed by atoms with Gasteiger partial charge in [0.1, 0.15) is 0 Å². The van der Waals surface area contributed by atoms with E-state index in [4.69, 9.17) is 0 Å². The number of hydrogen-bond donors (Lipinski definition) is 0. The number of carbonyl (C=O) groups is 1. The molecule has 1 aromatic rings. The first kappa shape index (κ1) is 23.4. The van der Waals surface area contributed by atoms with Gasteiger partial charge in [-0.05, 0) is 43.5 Å². The van der Waals surface area contributed by atoms with Crippen LogP contribution in [0.1, 0.15) is 76.8 Å². The van der Waals surface area contributed by atoms with Crippen LogP contribution in [-0.2, 0) is 14.6 Å². The van der Waals surface area contributed by atoms with E-state index < -0.39 is 9.84 Å². The standard InChI is InChI=1S/C22H35NO3S/c1-5-6-7-8-9-10-11-12-13-14-22(24)23(3)19(2)20-15-17-21(18-16-20)27(4,25)26/h13-19H,5-12H2,1-4H3/b14-13+/t19-/m1/s1. The number of carbonyl (C=O) groups excluding carboxylic acids is 1. The molecule has 0 aromatic heterocycles. The molecule has 1 atom stereocenters. The predicted molar refractivity (Wildman–Crippen MR) is 112 cm³/mol. The van der Waals surface area contributed by atoms with Crippen molar-refractivity contribution in [3.05, 3.63) is 42.0 Å². The summed E-state index contributed by atoms with van der Waals surface area (Å²) < 4.78 is 23.1. The quantitative estimate of drug-likeness (QED) is 0.357. The second-order valence-electron chi connectivity index (χ2n) is 7.28. The summed E-state index contributed by atoms with van der Waals surface area (Å²) in [5.74, 6) is -0.0300. The Morgan fingerprint density at radius 3 is 2.15 bits per heavy atom. The fourth-order valence-corrected chi connectivity index (χ4v) is 3.56. The van der Waals surface area contributed by atoms with Gasteiger partial charge in [0, 0.05) is 13.3 Å². The Morgan fingerprint density at radius 1 is 1.04 bits per heavy atom. The molecule has 0 fully saturated rings. The Labute approximate surface area is 165 Å². The molecule has 0 unspecified atom stereocenters. The minimum atomic E-state index is -3.20. The van der Waals surface area contributed by atoms with Crippen LogP contribution in [0.5, 0.6) is 0 Å². The number of hydrogen-bond acceptors (Lipinski definition) is 3. The summed E-state index contributed by atoms with van der Waals surface area (Å²) in [6.07, 6.45) is 14.6. The second kappa shape index (κ2) is 12.0. The van der Waals surface area contributed by atoms with Gasteiger partial charge in [0.05, 0.1) is 10.9 Å². The number of allylic oxidation sites excluding steroid dienone is 1. The number of likely N-dealkylation sites (N-methyl/N-ethyl adjacent to an activating group) is 1. The second-order valence-corrected chi connectivity index (χ2v) is 9.29. The average molecular weight is 394 g/mol. The zero-order chi connectivity index (χ0) is 20.3. The van der Waals surface area contributed by atoms with Crippen LogP contribution in [0.3, 0.4) is 0 Å². The summed E-state index contributed by atoms with van der Waals surface area (Å²) >= 11 is 0. The van der Waals surface area contributed by atoms with Crippen molar-refractivity contribution in [3.8, 4) is 0 Å². The molecule has 4 nitrogen and oxygen atoms in total. The maximum atomic E-state index is 12.3. The monoisotopic (exact) mass is 393 g/mol. The third-order valence-electron chi connectivity index (χ3n) is 4.95. The van der Waals surface area contributed by atoms with E-state index in [2.05, 4.69) is 6.92 Å². The molecule has 0 saturated heterocycles. The summed E-state index contributed by atoms with van der Waals surface area (Å²) in [6, 6.07) is 6.61. The van der Waals surface area contributed by atoms with E-state index in [1.165, 1.54) is 44.8 Å². The molecule has 0 aliphatic rings. The number of benzene rings is 1. The first-order chi connectivity index (χ1) is 12.8. The van der Waals surface area contributed by atoms with E-state index in [1.807, 2.05) is 13.0 Å². The third kappa shape index (κ3) is 8.74. The summed E-state index contributed by atoms with van der Waals surface area (Å²) in [5.41, 5.74) is 0.915. The number of amides is 1. The zero-order valence-corrected chi connectivity index (χ0v) is 18.1. The molecule has 0 saturated carbocycles. The maximum Gasteiger partial charge on any atom is 0.246 e. The van der Waals surface area contributed by atoms with E-state index >= 15 is 0 Å². The smallest absolute Gasteiger partial charge is 0.246 e. The minimum Gasteiger partial charge on any atom is -0.335 e. The van der Waals surface area contributed by atoms with Crippen LogP contribution in [-0.4, -0.2) is 32.5 Å². The van der Waals surface area contributed by atoms with Crippen molar-refractivity contribution in [2.24, 2.45) is 0 Å². The van der Waals surface area contributed by atoms with Crippen molar-refractivity contribution >= 4 is 15.7 Å². The van der Waals surface area contributed by atoms with E-state index in [1.54, 1.807) is 42.3 Å². The fourth-order valence-electron chi connectivity index (χ4n) is 2.93. The third-order valence-corrected chi connectivity index (χ3v) is 6.08. The largest absolute Gasteiger partial charge is 0.335 e. The van der Waals surface area contributed by atoms with Gasteiger partial charge >= 0.3 is 0 Å². The van der Waals surface area contributed by atoms with E-state index in [9.17, 15) is 13.2 Å². The van der Waals surface area contributed by atoms with E-state index in [0.29, 0.717) is 4.90 Å². The Balaban J connectivity index is 2.41. The highest BCUT2D eigenvalue weighted by atomic mass is 32.2. The minimum absolute atomic E-state index is 0.0300. The topological polar surface area (TPSA) is 54.5 Å². The molecule has 152 valence electrons. The Morgan fingerprint density at radius 2 is 1.59 bits per heavy atom. The normalized spacial score (nSPS) is 13.0. The molecule has 0 heterocycles. The van der Waals surface area contributed by atoms with E-state index in [0.717, 1.165) is 18.4 Å². The van der Waals surface area contributed by atoms with Crippen molar-refractivity contribution in [1.29, 1.82) is 0 Å². The highest BCUT2D eigenvalue weighted by Crippen LogP contribution is 2.21. The zero-order valence-electron chi connectivity index (χ0n) is 17.3. The molecule has 0 bridgehead atoms. The van der Waals surface area contributed by atoms with Crippen LogP contribution in [0.4, 0.5) is 0 Å². The molecule has 1 rings (SSSR count). The maximum absolute atomic E-state index is 12.3. The SMILES string of the molecule is CCCCCCCCC/C=C/C(=O)N(C)[C@H](C)c1ccc(S(C)(=O)=O)cc1. The molecule has 0 N–H and O–H groups in total. The lowest BCUT2D eigenvalue weighted by Crippen LogP contribution is -2.28. The van der Waals surface area contributed by atoms with Crippen molar-refractivity contribution in [2.75, 3.05) is 13.3 Å². The summed E-state index contributed by atoms with van der Waals surface area (Å²) in [6.45, 7) is 4.17. The number of sulfone groups is 1. The molecule has 1 amide bonds. The Hall–Kier alpha value is -1.62. The number of rotatable bonds is 12. The van der Waals surface area contributed by atoms with Gasteiger partial charge in [-0.25, -0.2) is 8.42 Å². The van der Waals surface area contributed by atoms with Crippen LogP contribution in [0.15, 0.2) is 41.3 Å². The first-order valence-corrected chi connectivity index (χ1v) is 11.9. The van der Waals surface area contributed by atoms with Crippen molar-refractivity contribution in [1.82, 2.24) is 4.90 Å². The number of unbranched alkanes of at least 4 members (excludes halogenated alkanes) is 7. The summed E-state index contributed by atoms with van der Waals surface area (Å²) in [4.78, 5) is 14.3. The van der Waals surface area contributed by atoms with Gasteiger partial charge in [0.2, 0.25) is 5.91 Å². The Kier molecular flexibility index (Phi) is 10.4. The first-order valence-electron chi connectivity index (χ1n) is 10.0. The van der Waals surface area contributed by atoms with Crippen LogP contribution in [0.25, 0.3) is 0 Å². The van der Waals surface area contributed by atoms with Crippen LogP contribution in [0.2, 0.25) is 0 Å². The lowest BCUT2D eigenvalue weighted by Gasteiger charge is -2.24. The molecular weight excluding hydrogens is 358 g/mol. The highest BCUT2D eigenvalue weighted by molar-refractivity contribution is 7.90. The molecule has 1 aromatic carbocycles. The van der Waals surface area contributed by atoms with Crippen molar-refractivity contribution in [2.45, 2.75) is 76.2 Å². The van der Waals surface area contributed by atoms with Gasteiger partial charge in [-0.15, -0.1) is 0 Å². The molecular formula is C22H35NO3S. The van der Waals surface area contributed by atoms with Crippen molar-refractivity contribution < 1.29 is 13.2 Å². The summed E-state index contributed by atoms with van der Waals surface area (Å²) in [7, 11) is -1.43. The molecule has 5 heteroatoms. The van der Waals surface area contributed by atoms with Crippen LogP contribution in [0, 0.1) is 0 Å². The van der Waals surface area contributed by atoms with Gasteiger partial charge in [0.15, 0.2) is 9.84 Å². The molecule has 0 spiro atoms. The van der Waals surface area contributed by atoms with Gasteiger partial charge < -0.3 is 4.90 Å².